The second kappa shape index (κ2) is 8.75. The Balaban J connectivity index is 4.00. The zero-order chi connectivity index (χ0) is 13.3. The van der Waals surface area contributed by atoms with Crippen LogP contribution in [0.2, 0.25) is 0 Å². The number of carbonyl (C=O) groups excluding carboxylic acids is 2. The number of rotatable bonds is 8. The Morgan fingerprint density at radius 1 is 1.18 bits per heavy atom. The van der Waals surface area contributed by atoms with E-state index in [1.807, 2.05) is 6.92 Å². The van der Waals surface area contributed by atoms with Gasteiger partial charge in [0, 0.05) is 13.1 Å². The lowest BCUT2D eigenvalue weighted by Gasteiger charge is -2.18. The topological polar surface area (TPSA) is 70.2 Å². The summed E-state index contributed by atoms with van der Waals surface area (Å²) in [5.74, 6) is -0.227. The maximum absolute atomic E-state index is 11.6. The van der Waals surface area contributed by atoms with E-state index in [-0.39, 0.29) is 17.9 Å². The SMILES string of the molecule is C=CCNC(=O)C(C)NC(C)C(=O)NCCC. The number of carbonyl (C=O) groups is 2. The van der Waals surface area contributed by atoms with Gasteiger partial charge in [-0.2, -0.15) is 0 Å². The smallest absolute Gasteiger partial charge is 0.237 e. The van der Waals surface area contributed by atoms with Crippen LogP contribution in [0.5, 0.6) is 0 Å². The van der Waals surface area contributed by atoms with Crippen molar-refractivity contribution in [2.75, 3.05) is 13.1 Å². The van der Waals surface area contributed by atoms with Gasteiger partial charge in [-0.25, -0.2) is 0 Å². The summed E-state index contributed by atoms with van der Waals surface area (Å²) in [5.41, 5.74) is 0. The lowest BCUT2D eigenvalue weighted by atomic mass is 10.2. The van der Waals surface area contributed by atoms with E-state index in [0.717, 1.165) is 6.42 Å². The number of hydrogen-bond donors (Lipinski definition) is 3. The third-order valence-corrected chi connectivity index (χ3v) is 2.26. The average Bonchev–Trinajstić information content (AvgIpc) is 2.32. The Hall–Kier alpha value is -1.36. The van der Waals surface area contributed by atoms with E-state index in [2.05, 4.69) is 22.5 Å². The quantitative estimate of drug-likeness (QED) is 0.531. The summed E-state index contributed by atoms with van der Waals surface area (Å²) in [6.45, 7) is 10.1. The molecule has 0 rings (SSSR count). The Morgan fingerprint density at radius 3 is 2.18 bits per heavy atom. The van der Waals surface area contributed by atoms with Crippen molar-refractivity contribution < 1.29 is 9.59 Å². The predicted molar refractivity (Wildman–Crippen MR) is 68.6 cm³/mol. The van der Waals surface area contributed by atoms with Crippen molar-refractivity contribution in [3.05, 3.63) is 12.7 Å². The highest BCUT2D eigenvalue weighted by Crippen LogP contribution is 1.89. The highest BCUT2D eigenvalue weighted by molar-refractivity contribution is 5.84. The Bertz CT molecular complexity index is 266. The summed E-state index contributed by atoms with van der Waals surface area (Å²) >= 11 is 0. The van der Waals surface area contributed by atoms with Crippen molar-refractivity contribution in [2.45, 2.75) is 39.3 Å². The van der Waals surface area contributed by atoms with Crippen molar-refractivity contribution in [3.63, 3.8) is 0 Å². The lowest BCUT2D eigenvalue weighted by molar-refractivity contribution is -0.125. The second-order valence-electron chi connectivity index (χ2n) is 3.93. The van der Waals surface area contributed by atoms with E-state index >= 15 is 0 Å². The van der Waals surface area contributed by atoms with Gasteiger partial charge in [-0.1, -0.05) is 13.0 Å². The van der Waals surface area contributed by atoms with Crippen molar-refractivity contribution in [3.8, 4) is 0 Å². The van der Waals surface area contributed by atoms with Crippen LogP contribution in [0.4, 0.5) is 0 Å². The molecule has 2 amide bonds. The van der Waals surface area contributed by atoms with Crippen molar-refractivity contribution in [1.82, 2.24) is 16.0 Å². The fourth-order valence-corrected chi connectivity index (χ4v) is 1.25. The molecule has 0 bridgehead atoms. The van der Waals surface area contributed by atoms with E-state index in [1.54, 1.807) is 19.9 Å². The normalized spacial score (nSPS) is 13.6. The summed E-state index contributed by atoms with van der Waals surface area (Å²) in [7, 11) is 0. The highest BCUT2D eigenvalue weighted by Gasteiger charge is 2.18. The molecule has 0 aromatic heterocycles. The van der Waals surface area contributed by atoms with E-state index in [4.69, 9.17) is 0 Å². The fourth-order valence-electron chi connectivity index (χ4n) is 1.25. The average molecular weight is 241 g/mol. The van der Waals surface area contributed by atoms with Gasteiger partial charge in [0.15, 0.2) is 0 Å². The molecule has 0 spiro atoms. The minimum Gasteiger partial charge on any atom is -0.355 e. The Morgan fingerprint density at radius 2 is 1.71 bits per heavy atom. The van der Waals surface area contributed by atoms with Crippen LogP contribution in [0.1, 0.15) is 27.2 Å². The van der Waals surface area contributed by atoms with Gasteiger partial charge in [0.25, 0.3) is 0 Å². The molecule has 0 aliphatic carbocycles. The molecule has 0 aliphatic rings. The molecule has 0 fully saturated rings. The summed E-state index contributed by atoms with van der Waals surface area (Å²) in [6, 6.07) is -0.789. The van der Waals surface area contributed by atoms with Gasteiger partial charge in [0.05, 0.1) is 12.1 Å². The fraction of sp³-hybridized carbons (Fsp3) is 0.667. The van der Waals surface area contributed by atoms with Crippen molar-refractivity contribution in [1.29, 1.82) is 0 Å². The van der Waals surface area contributed by atoms with Crippen LogP contribution in [-0.4, -0.2) is 37.0 Å². The van der Waals surface area contributed by atoms with Crippen LogP contribution < -0.4 is 16.0 Å². The molecule has 17 heavy (non-hydrogen) atoms. The Kier molecular flexibility index (Phi) is 8.05. The van der Waals surface area contributed by atoms with Crippen LogP contribution in [0, 0.1) is 0 Å². The van der Waals surface area contributed by atoms with Gasteiger partial charge in [-0.05, 0) is 20.3 Å². The van der Waals surface area contributed by atoms with Crippen LogP contribution in [0.3, 0.4) is 0 Å². The standard InChI is InChI=1S/C12H23N3O2/c1-5-7-13-11(16)9(3)15-10(4)12(17)14-8-6-2/h5,9-10,15H,1,6-8H2,2-4H3,(H,13,16)(H,14,17). The second-order valence-corrected chi connectivity index (χ2v) is 3.93. The monoisotopic (exact) mass is 241 g/mol. The molecule has 0 aromatic carbocycles. The summed E-state index contributed by atoms with van der Waals surface area (Å²) in [6.07, 6.45) is 2.51. The maximum Gasteiger partial charge on any atom is 0.237 e. The lowest BCUT2D eigenvalue weighted by Crippen LogP contribution is -2.51. The first-order valence-corrected chi connectivity index (χ1v) is 5.95. The molecule has 2 atom stereocenters. The molecule has 0 aromatic rings. The number of nitrogens with one attached hydrogen (secondary N) is 3. The van der Waals surface area contributed by atoms with Gasteiger partial charge >= 0.3 is 0 Å². The zero-order valence-electron chi connectivity index (χ0n) is 10.9. The largest absolute Gasteiger partial charge is 0.355 e. The molecule has 0 heterocycles. The first-order chi connectivity index (χ1) is 8.02. The van der Waals surface area contributed by atoms with E-state index in [9.17, 15) is 9.59 Å². The van der Waals surface area contributed by atoms with E-state index < -0.39 is 6.04 Å². The minimum absolute atomic E-state index is 0.0878. The third-order valence-electron chi connectivity index (χ3n) is 2.26. The number of amides is 2. The summed E-state index contributed by atoms with van der Waals surface area (Å²) < 4.78 is 0. The first-order valence-electron chi connectivity index (χ1n) is 5.95. The summed E-state index contributed by atoms with van der Waals surface area (Å²) in [5, 5.41) is 8.38. The van der Waals surface area contributed by atoms with Crippen molar-refractivity contribution in [2.24, 2.45) is 0 Å². The Labute approximate surface area is 103 Å². The van der Waals surface area contributed by atoms with Gasteiger partial charge in [0.1, 0.15) is 0 Å². The van der Waals surface area contributed by atoms with Crippen LogP contribution in [-0.2, 0) is 9.59 Å². The molecular weight excluding hydrogens is 218 g/mol. The molecule has 0 aliphatic heterocycles. The minimum atomic E-state index is -0.405. The molecule has 0 radical (unpaired) electrons. The molecule has 5 heteroatoms. The first kappa shape index (κ1) is 15.6. The van der Waals surface area contributed by atoms with Gasteiger partial charge in [0.2, 0.25) is 11.8 Å². The molecule has 98 valence electrons. The van der Waals surface area contributed by atoms with Crippen molar-refractivity contribution >= 4 is 11.8 Å². The molecule has 5 nitrogen and oxygen atoms in total. The molecule has 3 N–H and O–H groups in total. The highest BCUT2D eigenvalue weighted by atomic mass is 16.2. The van der Waals surface area contributed by atoms with Crippen LogP contribution in [0.15, 0.2) is 12.7 Å². The van der Waals surface area contributed by atoms with Crippen LogP contribution in [0.25, 0.3) is 0 Å². The zero-order valence-corrected chi connectivity index (χ0v) is 10.9. The van der Waals surface area contributed by atoms with Gasteiger partial charge < -0.3 is 10.6 Å². The van der Waals surface area contributed by atoms with Crippen LogP contribution >= 0.6 is 0 Å². The molecule has 0 saturated carbocycles. The third kappa shape index (κ3) is 6.73. The molecular formula is C12H23N3O2. The summed E-state index contributed by atoms with van der Waals surface area (Å²) in [4.78, 5) is 23.1. The van der Waals surface area contributed by atoms with Gasteiger partial charge in [-0.3, -0.25) is 14.9 Å². The van der Waals surface area contributed by atoms with E-state index in [0.29, 0.717) is 13.1 Å². The predicted octanol–water partition coefficient (Wildman–Crippen LogP) is 0.181. The molecule has 0 saturated heterocycles. The van der Waals surface area contributed by atoms with E-state index in [1.165, 1.54) is 0 Å². The maximum atomic E-state index is 11.6. The van der Waals surface area contributed by atoms with Gasteiger partial charge in [-0.15, -0.1) is 6.58 Å². The molecule has 2 unspecified atom stereocenters. The number of hydrogen-bond acceptors (Lipinski definition) is 3.